The maximum absolute atomic E-state index is 6.23. The molecular formula is C12H18ClN. The van der Waals surface area contributed by atoms with Crippen LogP contribution in [-0.4, -0.2) is 5.00 Å². The second kappa shape index (κ2) is 5.38. The summed E-state index contributed by atoms with van der Waals surface area (Å²) in [5, 5.41) is 0. The Kier molecular flexibility index (Phi) is 4.43. The van der Waals surface area contributed by atoms with Gasteiger partial charge in [-0.05, 0) is 12.0 Å². The van der Waals surface area contributed by atoms with Gasteiger partial charge in [0, 0.05) is 6.42 Å². The Morgan fingerprint density at radius 2 is 1.93 bits per heavy atom. The Labute approximate surface area is 91.3 Å². The molecule has 0 radical (unpaired) electrons. The van der Waals surface area contributed by atoms with Crippen LogP contribution in [0.25, 0.3) is 0 Å². The lowest BCUT2D eigenvalue weighted by molar-refractivity contribution is 0.517. The number of hydrogen-bond acceptors (Lipinski definition) is 1. The molecule has 14 heavy (non-hydrogen) atoms. The summed E-state index contributed by atoms with van der Waals surface area (Å²) in [6.07, 6.45) is 3.85. The van der Waals surface area contributed by atoms with Gasteiger partial charge >= 0.3 is 0 Å². The van der Waals surface area contributed by atoms with Gasteiger partial charge in [0.25, 0.3) is 0 Å². The van der Waals surface area contributed by atoms with E-state index in [4.69, 9.17) is 17.3 Å². The summed E-state index contributed by atoms with van der Waals surface area (Å²) < 4.78 is 0. The quantitative estimate of drug-likeness (QED) is 0.587. The molecule has 1 unspecified atom stereocenters. The summed E-state index contributed by atoms with van der Waals surface area (Å²) in [5.41, 5.74) is 7.21. The molecule has 0 heterocycles. The van der Waals surface area contributed by atoms with Gasteiger partial charge < -0.3 is 5.73 Å². The van der Waals surface area contributed by atoms with Crippen molar-refractivity contribution in [2.75, 3.05) is 0 Å². The van der Waals surface area contributed by atoms with E-state index >= 15 is 0 Å². The third-order valence-electron chi connectivity index (χ3n) is 2.29. The summed E-state index contributed by atoms with van der Waals surface area (Å²) >= 11 is 6.23. The minimum Gasteiger partial charge on any atom is -0.312 e. The lowest BCUT2D eigenvalue weighted by atomic mass is 10.0. The Bertz CT molecular complexity index is 256. The number of hydrogen-bond donors (Lipinski definition) is 1. The number of unbranched alkanes of at least 4 members (excludes halogenated alkanes) is 1. The molecule has 0 saturated carbocycles. The van der Waals surface area contributed by atoms with Crippen molar-refractivity contribution in [1.29, 1.82) is 0 Å². The topological polar surface area (TPSA) is 26.0 Å². The van der Waals surface area contributed by atoms with E-state index in [2.05, 4.69) is 19.1 Å². The monoisotopic (exact) mass is 211 g/mol. The van der Waals surface area contributed by atoms with Gasteiger partial charge in [-0.15, -0.1) is 11.6 Å². The fourth-order valence-electron chi connectivity index (χ4n) is 1.49. The predicted molar refractivity (Wildman–Crippen MR) is 62.4 cm³/mol. The molecule has 2 N–H and O–H groups in total. The fraction of sp³-hybridized carbons (Fsp3) is 0.500. The van der Waals surface area contributed by atoms with E-state index < -0.39 is 5.00 Å². The first-order chi connectivity index (χ1) is 6.64. The smallest absolute Gasteiger partial charge is 0.0951 e. The molecule has 1 rings (SSSR count). The highest BCUT2D eigenvalue weighted by Crippen LogP contribution is 2.21. The third-order valence-corrected chi connectivity index (χ3v) is 2.61. The van der Waals surface area contributed by atoms with Gasteiger partial charge in [0.1, 0.15) is 0 Å². The standard InChI is InChI=1S/C12H18ClN/c1-2-3-9-12(13,14)10-11-7-5-4-6-8-11/h4-8H,2-3,9-10,14H2,1H3. The minimum atomic E-state index is -0.572. The summed E-state index contributed by atoms with van der Waals surface area (Å²) in [7, 11) is 0. The Hall–Kier alpha value is -0.530. The number of alkyl halides is 1. The highest BCUT2D eigenvalue weighted by Gasteiger charge is 2.20. The molecule has 1 nitrogen and oxygen atoms in total. The molecule has 1 aromatic carbocycles. The zero-order valence-corrected chi connectivity index (χ0v) is 9.43. The van der Waals surface area contributed by atoms with Crippen molar-refractivity contribution in [3.63, 3.8) is 0 Å². The molecule has 0 saturated heterocycles. The zero-order valence-electron chi connectivity index (χ0n) is 8.67. The van der Waals surface area contributed by atoms with Gasteiger partial charge in [-0.2, -0.15) is 0 Å². The third kappa shape index (κ3) is 4.12. The molecule has 0 fully saturated rings. The molecule has 0 aliphatic carbocycles. The molecule has 0 aliphatic rings. The van der Waals surface area contributed by atoms with Crippen LogP contribution in [0.15, 0.2) is 30.3 Å². The summed E-state index contributed by atoms with van der Waals surface area (Å²) in [6, 6.07) is 10.2. The number of benzene rings is 1. The van der Waals surface area contributed by atoms with Gasteiger partial charge in [-0.3, -0.25) is 0 Å². The van der Waals surface area contributed by atoms with Crippen molar-refractivity contribution in [2.45, 2.75) is 37.6 Å². The summed E-state index contributed by atoms with van der Waals surface area (Å²) in [4.78, 5) is -0.572. The van der Waals surface area contributed by atoms with E-state index in [0.29, 0.717) is 0 Å². The molecule has 0 aromatic heterocycles. The van der Waals surface area contributed by atoms with Crippen molar-refractivity contribution >= 4 is 11.6 Å². The van der Waals surface area contributed by atoms with Crippen LogP contribution >= 0.6 is 11.6 Å². The normalized spacial score (nSPS) is 15.1. The molecule has 1 atom stereocenters. The SMILES string of the molecule is CCCCC(N)(Cl)Cc1ccccc1. The Balaban J connectivity index is 2.50. The van der Waals surface area contributed by atoms with Crippen molar-refractivity contribution in [3.05, 3.63) is 35.9 Å². The van der Waals surface area contributed by atoms with Crippen LogP contribution in [0.3, 0.4) is 0 Å². The average Bonchev–Trinajstić information content (AvgIpc) is 2.16. The molecule has 2 heteroatoms. The van der Waals surface area contributed by atoms with Crippen molar-refractivity contribution in [3.8, 4) is 0 Å². The Morgan fingerprint density at radius 1 is 1.29 bits per heavy atom. The lowest BCUT2D eigenvalue weighted by Gasteiger charge is -2.21. The van der Waals surface area contributed by atoms with Crippen molar-refractivity contribution in [2.24, 2.45) is 5.73 Å². The molecule has 0 spiro atoms. The van der Waals surface area contributed by atoms with E-state index in [0.717, 1.165) is 25.7 Å². The second-order valence-electron chi connectivity index (χ2n) is 3.80. The Morgan fingerprint density at radius 3 is 2.50 bits per heavy atom. The van der Waals surface area contributed by atoms with Gasteiger partial charge in [0.15, 0.2) is 0 Å². The van der Waals surface area contributed by atoms with Crippen LogP contribution in [0.2, 0.25) is 0 Å². The number of rotatable bonds is 5. The molecule has 0 aliphatic heterocycles. The first-order valence-corrected chi connectivity index (χ1v) is 5.53. The highest BCUT2D eigenvalue weighted by atomic mass is 35.5. The molecule has 1 aromatic rings. The van der Waals surface area contributed by atoms with E-state index in [9.17, 15) is 0 Å². The fourth-order valence-corrected chi connectivity index (χ4v) is 1.78. The first kappa shape index (κ1) is 11.5. The van der Waals surface area contributed by atoms with Crippen LogP contribution in [0.1, 0.15) is 31.7 Å². The second-order valence-corrected chi connectivity index (χ2v) is 4.55. The number of nitrogens with two attached hydrogens (primary N) is 1. The largest absolute Gasteiger partial charge is 0.312 e. The van der Waals surface area contributed by atoms with E-state index in [1.54, 1.807) is 0 Å². The summed E-state index contributed by atoms with van der Waals surface area (Å²) in [6.45, 7) is 2.15. The zero-order chi connectivity index (χ0) is 10.4. The first-order valence-electron chi connectivity index (χ1n) is 5.16. The van der Waals surface area contributed by atoms with Crippen LogP contribution in [0.5, 0.6) is 0 Å². The summed E-state index contributed by atoms with van der Waals surface area (Å²) in [5.74, 6) is 0. The minimum absolute atomic E-state index is 0.572. The average molecular weight is 212 g/mol. The molecule has 0 amide bonds. The molecular weight excluding hydrogens is 194 g/mol. The molecule has 0 bridgehead atoms. The van der Waals surface area contributed by atoms with Crippen LogP contribution in [0.4, 0.5) is 0 Å². The van der Waals surface area contributed by atoms with Crippen LogP contribution < -0.4 is 5.73 Å². The van der Waals surface area contributed by atoms with Gasteiger partial charge in [0.05, 0.1) is 5.00 Å². The van der Waals surface area contributed by atoms with Gasteiger partial charge in [-0.1, -0.05) is 50.1 Å². The van der Waals surface area contributed by atoms with Gasteiger partial charge in [-0.25, -0.2) is 0 Å². The molecule has 78 valence electrons. The highest BCUT2D eigenvalue weighted by molar-refractivity contribution is 6.23. The van der Waals surface area contributed by atoms with Crippen LogP contribution in [0, 0.1) is 0 Å². The van der Waals surface area contributed by atoms with E-state index in [-0.39, 0.29) is 0 Å². The van der Waals surface area contributed by atoms with Crippen molar-refractivity contribution in [1.82, 2.24) is 0 Å². The van der Waals surface area contributed by atoms with Crippen LogP contribution in [-0.2, 0) is 6.42 Å². The maximum atomic E-state index is 6.23. The predicted octanol–water partition coefficient (Wildman–Crippen LogP) is 3.31. The van der Waals surface area contributed by atoms with Gasteiger partial charge in [0.2, 0.25) is 0 Å². The van der Waals surface area contributed by atoms with E-state index in [1.807, 2.05) is 18.2 Å². The van der Waals surface area contributed by atoms with E-state index in [1.165, 1.54) is 5.56 Å². The maximum Gasteiger partial charge on any atom is 0.0951 e. The lowest BCUT2D eigenvalue weighted by Crippen LogP contribution is -2.35. The van der Waals surface area contributed by atoms with Crippen molar-refractivity contribution < 1.29 is 0 Å². The number of halogens is 1.